The highest BCUT2D eigenvalue weighted by Gasteiger charge is 2.19. The normalized spacial score (nSPS) is 12.8. The molecular formula is C77H132O6. The molecule has 83 heavy (non-hydrogen) atoms. The Labute approximate surface area is 514 Å². The molecule has 0 amide bonds. The second-order valence-electron chi connectivity index (χ2n) is 23.4. The van der Waals surface area contributed by atoms with Gasteiger partial charge in [0.05, 0.1) is 0 Å². The molecule has 0 aliphatic heterocycles. The lowest BCUT2D eigenvalue weighted by Crippen LogP contribution is -2.30. The van der Waals surface area contributed by atoms with Gasteiger partial charge in [0.15, 0.2) is 6.10 Å². The van der Waals surface area contributed by atoms with Gasteiger partial charge in [-0.3, -0.25) is 14.4 Å². The van der Waals surface area contributed by atoms with Crippen LogP contribution in [-0.2, 0) is 28.6 Å². The summed E-state index contributed by atoms with van der Waals surface area (Å²) < 4.78 is 17.0. The quantitative estimate of drug-likeness (QED) is 0.0261. The number of esters is 3. The van der Waals surface area contributed by atoms with Gasteiger partial charge in [-0.15, -0.1) is 0 Å². The molecule has 0 spiro atoms. The molecule has 6 nitrogen and oxygen atoms in total. The van der Waals surface area contributed by atoms with Crippen LogP contribution in [0.15, 0.2) is 109 Å². The summed E-state index contributed by atoms with van der Waals surface area (Å²) in [5.41, 5.74) is 0. The first-order valence-corrected chi connectivity index (χ1v) is 35.4. The van der Waals surface area contributed by atoms with Gasteiger partial charge in [-0.25, -0.2) is 0 Å². The largest absolute Gasteiger partial charge is 0.462 e. The number of ether oxygens (including phenoxy) is 3. The molecule has 0 aliphatic carbocycles. The molecule has 6 heteroatoms. The first-order valence-electron chi connectivity index (χ1n) is 35.4. The lowest BCUT2D eigenvalue weighted by atomic mass is 10.0. The average molecular weight is 1150 g/mol. The zero-order valence-corrected chi connectivity index (χ0v) is 54.7. The van der Waals surface area contributed by atoms with E-state index in [2.05, 4.69) is 130 Å². The summed E-state index contributed by atoms with van der Waals surface area (Å²) in [6.45, 7) is 6.51. The van der Waals surface area contributed by atoms with E-state index in [0.717, 1.165) is 128 Å². The molecule has 0 rings (SSSR count). The number of allylic oxidation sites excluding steroid dienone is 18. The van der Waals surface area contributed by atoms with Crippen molar-refractivity contribution in [2.24, 2.45) is 0 Å². The molecule has 0 aromatic carbocycles. The van der Waals surface area contributed by atoms with Crippen LogP contribution in [0.3, 0.4) is 0 Å². The maximum absolute atomic E-state index is 13.0. The maximum atomic E-state index is 13.0. The molecule has 1 atom stereocenters. The zero-order valence-electron chi connectivity index (χ0n) is 54.7. The number of hydrogen-bond acceptors (Lipinski definition) is 6. The van der Waals surface area contributed by atoms with Gasteiger partial charge >= 0.3 is 17.9 Å². The van der Waals surface area contributed by atoms with Crippen LogP contribution in [0.1, 0.15) is 342 Å². The van der Waals surface area contributed by atoms with E-state index < -0.39 is 6.10 Å². The Morgan fingerprint density at radius 2 is 0.482 bits per heavy atom. The number of carbonyl (C=O) groups is 3. The van der Waals surface area contributed by atoms with Gasteiger partial charge in [-0.2, -0.15) is 0 Å². The third-order valence-electron chi connectivity index (χ3n) is 15.3. The van der Waals surface area contributed by atoms with E-state index in [4.69, 9.17) is 14.2 Å². The molecule has 0 aliphatic rings. The standard InChI is InChI=1S/C77H132O6/c1-4-7-10-13-16-19-22-25-28-30-32-34-35-36-37-38-39-40-41-42-43-44-46-47-49-52-55-58-61-64-67-70-76(79)82-73-74(72-81-75(78)69-66-63-60-57-54-51-27-24-21-18-15-12-9-6-3)83-77(80)71-68-65-62-59-56-53-50-48-45-33-31-29-26-23-20-17-14-11-8-5-2/h7,10,15-16,18-19,24-25,27-28,32,34,36-37,39-40,42-43,74H,4-6,8-9,11-14,17,20-23,26,29-31,33,35,38,41,44-73H2,1-3H3/b10-7-,18-15-,19-16-,27-24-,28-25-,34-32-,37-36-,40-39-,43-42-. The fraction of sp³-hybridized carbons (Fsp3) is 0.727. The van der Waals surface area contributed by atoms with Gasteiger partial charge in [-0.05, 0) is 103 Å². The fourth-order valence-electron chi connectivity index (χ4n) is 9.97. The molecule has 0 fully saturated rings. The lowest BCUT2D eigenvalue weighted by molar-refractivity contribution is -0.167. The van der Waals surface area contributed by atoms with E-state index in [-0.39, 0.29) is 31.1 Å². The van der Waals surface area contributed by atoms with Crippen molar-refractivity contribution in [3.63, 3.8) is 0 Å². The second-order valence-corrected chi connectivity index (χ2v) is 23.4. The van der Waals surface area contributed by atoms with E-state index in [1.165, 1.54) is 173 Å². The molecule has 0 aromatic rings. The van der Waals surface area contributed by atoms with Crippen LogP contribution in [0, 0.1) is 0 Å². The van der Waals surface area contributed by atoms with Crippen molar-refractivity contribution in [1.82, 2.24) is 0 Å². The van der Waals surface area contributed by atoms with E-state index >= 15 is 0 Å². The maximum Gasteiger partial charge on any atom is 0.306 e. The van der Waals surface area contributed by atoms with Gasteiger partial charge in [0.2, 0.25) is 0 Å². The minimum atomic E-state index is -0.787. The van der Waals surface area contributed by atoms with Crippen LogP contribution in [0.4, 0.5) is 0 Å². The van der Waals surface area contributed by atoms with Crippen molar-refractivity contribution in [3.05, 3.63) is 109 Å². The molecule has 476 valence electrons. The number of hydrogen-bond donors (Lipinski definition) is 0. The first-order chi connectivity index (χ1) is 41.0. The molecule has 0 radical (unpaired) electrons. The van der Waals surface area contributed by atoms with E-state index in [1.807, 2.05) is 0 Å². The molecule has 0 aromatic heterocycles. The number of rotatable bonds is 64. The van der Waals surface area contributed by atoms with Crippen LogP contribution in [-0.4, -0.2) is 37.2 Å². The molecule has 0 heterocycles. The van der Waals surface area contributed by atoms with E-state index in [1.54, 1.807) is 0 Å². The Morgan fingerprint density at radius 1 is 0.253 bits per heavy atom. The van der Waals surface area contributed by atoms with Gasteiger partial charge in [0.25, 0.3) is 0 Å². The summed E-state index contributed by atoms with van der Waals surface area (Å²) >= 11 is 0. The Hall–Kier alpha value is -3.93. The fourth-order valence-corrected chi connectivity index (χ4v) is 9.97. The number of unbranched alkanes of at least 4 members (excludes halogenated alkanes) is 35. The second kappa shape index (κ2) is 70.6. The van der Waals surface area contributed by atoms with Crippen molar-refractivity contribution in [2.75, 3.05) is 13.2 Å². The molecule has 1 unspecified atom stereocenters. The third kappa shape index (κ3) is 68.7. The molecule has 0 saturated heterocycles. The van der Waals surface area contributed by atoms with Gasteiger partial charge < -0.3 is 14.2 Å². The van der Waals surface area contributed by atoms with Gasteiger partial charge in [0.1, 0.15) is 13.2 Å². The van der Waals surface area contributed by atoms with Crippen molar-refractivity contribution < 1.29 is 28.6 Å². The van der Waals surface area contributed by atoms with E-state index in [0.29, 0.717) is 19.3 Å². The predicted molar refractivity (Wildman–Crippen MR) is 362 cm³/mol. The minimum absolute atomic E-state index is 0.0834. The highest BCUT2D eigenvalue weighted by Crippen LogP contribution is 2.17. The topological polar surface area (TPSA) is 78.9 Å². The summed E-state index contributed by atoms with van der Waals surface area (Å²) in [6, 6.07) is 0. The molecule has 0 N–H and O–H groups in total. The van der Waals surface area contributed by atoms with Crippen molar-refractivity contribution >= 4 is 17.9 Å². The van der Waals surface area contributed by atoms with Crippen LogP contribution >= 0.6 is 0 Å². The molecule has 0 bridgehead atoms. The van der Waals surface area contributed by atoms with Gasteiger partial charge in [0, 0.05) is 19.3 Å². The summed E-state index contributed by atoms with van der Waals surface area (Å²) in [6.07, 6.45) is 96.8. The van der Waals surface area contributed by atoms with Gasteiger partial charge in [-0.1, -0.05) is 329 Å². The SMILES string of the molecule is CC/C=C\C/C=C\C/C=C\C/C=C\C/C=C\C/C=C\C/C=C\CCCCCCCCCCCC(=O)OCC(COC(=O)CCCCCCC/C=C\C/C=C\CCCC)OC(=O)CCCCCCCCCCCCCCCCCCCCCC. The monoisotopic (exact) mass is 1150 g/mol. The summed E-state index contributed by atoms with van der Waals surface area (Å²) in [4.78, 5) is 38.4. The van der Waals surface area contributed by atoms with Crippen LogP contribution in [0.2, 0.25) is 0 Å². The van der Waals surface area contributed by atoms with Crippen molar-refractivity contribution in [3.8, 4) is 0 Å². The Morgan fingerprint density at radius 3 is 0.771 bits per heavy atom. The van der Waals surface area contributed by atoms with Crippen molar-refractivity contribution in [2.45, 2.75) is 348 Å². The van der Waals surface area contributed by atoms with Crippen molar-refractivity contribution in [1.29, 1.82) is 0 Å². The van der Waals surface area contributed by atoms with Crippen LogP contribution in [0.25, 0.3) is 0 Å². The van der Waals surface area contributed by atoms with E-state index in [9.17, 15) is 14.4 Å². The lowest BCUT2D eigenvalue weighted by Gasteiger charge is -2.18. The predicted octanol–water partition coefficient (Wildman–Crippen LogP) is 24.6. The minimum Gasteiger partial charge on any atom is -0.462 e. The summed E-state index contributed by atoms with van der Waals surface area (Å²) in [5, 5.41) is 0. The Bertz CT molecular complexity index is 1660. The molecular weight excluding hydrogens is 1020 g/mol. The Balaban J connectivity index is 4.30. The number of carbonyl (C=O) groups excluding carboxylic acids is 3. The first kappa shape index (κ1) is 79.1. The van der Waals surface area contributed by atoms with Crippen LogP contribution < -0.4 is 0 Å². The highest BCUT2D eigenvalue weighted by atomic mass is 16.6. The Kier molecular flexibility index (Phi) is 67.2. The molecule has 0 saturated carbocycles. The summed E-state index contributed by atoms with van der Waals surface area (Å²) in [7, 11) is 0. The highest BCUT2D eigenvalue weighted by molar-refractivity contribution is 5.71. The smallest absolute Gasteiger partial charge is 0.306 e. The average Bonchev–Trinajstić information content (AvgIpc) is 3.49. The third-order valence-corrected chi connectivity index (χ3v) is 15.3. The zero-order chi connectivity index (χ0) is 59.9. The summed E-state index contributed by atoms with van der Waals surface area (Å²) in [5.74, 6) is -0.887. The van der Waals surface area contributed by atoms with Crippen LogP contribution in [0.5, 0.6) is 0 Å².